The molecule has 0 aliphatic carbocycles. The molecule has 0 radical (unpaired) electrons. The van der Waals surface area contributed by atoms with E-state index in [1.165, 1.54) is 6.92 Å². The summed E-state index contributed by atoms with van der Waals surface area (Å²) in [6.07, 6.45) is 0. The van der Waals surface area contributed by atoms with Gasteiger partial charge in [-0.25, -0.2) is 0 Å². The van der Waals surface area contributed by atoms with Gasteiger partial charge in [-0.2, -0.15) is 0 Å². The fourth-order valence-corrected chi connectivity index (χ4v) is 2.14. The second-order valence-corrected chi connectivity index (χ2v) is 5.38. The lowest BCUT2D eigenvalue weighted by Gasteiger charge is -2.09. The number of amides is 2. The van der Waals surface area contributed by atoms with Crippen LogP contribution < -0.4 is 15.4 Å². The first kappa shape index (κ1) is 16.0. The summed E-state index contributed by atoms with van der Waals surface area (Å²) in [5.74, 6) is 0.209. The summed E-state index contributed by atoms with van der Waals surface area (Å²) in [6, 6.07) is 14.2. The zero-order valence-electron chi connectivity index (χ0n) is 11.9. The van der Waals surface area contributed by atoms with Gasteiger partial charge in [0.2, 0.25) is 5.91 Å². The van der Waals surface area contributed by atoms with Crippen molar-refractivity contribution in [3.63, 3.8) is 0 Å². The number of carbonyl (C=O) groups excluding carboxylic acids is 2. The highest BCUT2D eigenvalue weighted by Crippen LogP contribution is 2.23. The lowest BCUT2D eigenvalue weighted by molar-refractivity contribution is -0.118. The average molecular weight is 363 g/mol. The predicted molar refractivity (Wildman–Crippen MR) is 89.0 cm³/mol. The van der Waals surface area contributed by atoms with Crippen LogP contribution in [-0.4, -0.2) is 18.4 Å². The van der Waals surface area contributed by atoms with Gasteiger partial charge in [0.15, 0.2) is 6.61 Å². The Hall–Kier alpha value is -2.34. The predicted octanol–water partition coefficient (Wildman–Crippen LogP) is 3.43. The molecule has 2 aromatic rings. The van der Waals surface area contributed by atoms with Crippen molar-refractivity contribution in [1.82, 2.24) is 0 Å². The van der Waals surface area contributed by atoms with Crippen LogP contribution in [0.15, 0.2) is 53.0 Å². The molecular formula is C16H15BrN2O3. The number of para-hydroxylation sites is 1. The Morgan fingerprint density at radius 3 is 2.18 bits per heavy atom. The molecule has 2 aromatic carbocycles. The van der Waals surface area contributed by atoms with Gasteiger partial charge in [-0.1, -0.05) is 12.1 Å². The van der Waals surface area contributed by atoms with E-state index >= 15 is 0 Å². The molecule has 0 heterocycles. The van der Waals surface area contributed by atoms with Crippen LogP contribution >= 0.6 is 15.9 Å². The number of halogens is 1. The summed E-state index contributed by atoms with van der Waals surface area (Å²) in [7, 11) is 0. The second kappa shape index (κ2) is 7.61. The molecule has 114 valence electrons. The van der Waals surface area contributed by atoms with Gasteiger partial charge in [0, 0.05) is 18.3 Å². The maximum Gasteiger partial charge on any atom is 0.262 e. The number of anilines is 2. The summed E-state index contributed by atoms with van der Waals surface area (Å²) < 4.78 is 6.23. The molecule has 6 heteroatoms. The molecule has 0 spiro atoms. The van der Waals surface area contributed by atoms with Crippen molar-refractivity contribution in [3.05, 3.63) is 53.0 Å². The maximum absolute atomic E-state index is 11.8. The van der Waals surface area contributed by atoms with Gasteiger partial charge in [-0.05, 0) is 52.3 Å². The monoisotopic (exact) mass is 362 g/mol. The number of benzene rings is 2. The second-order valence-electron chi connectivity index (χ2n) is 4.53. The zero-order valence-corrected chi connectivity index (χ0v) is 13.5. The third-order valence-electron chi connectivity index (χ3n) is 2.68. The molecule has 0 unspecified atom stereocenters. The van der Waals surface area contributed by atoms with Gasteiger partial charge in [-0.15, -0.1) is 0 Å². The fourth-order valence-electron chi connectivity index (χ4n) is 1.74. The average Bonchev–Trinajstić information content (AvgIpc) is 2.48. The van der Waals surface area contributed by atoms with Crippen LogP contribution in [0.4, 0.5) is 11.4 Å². The van der Waals surface area contributed by atoms with Crippen molar-refractivity contribution in [2.45, 2.75) is 6.92 Å². The molecular weight excluding hydrogens is 348 g/mol. The van der Waals surface area contributed by atoms with E-state index in [4.69, 9.17) is 4.74 Å². The van der Waals surface area contributed by atoms with E-state index in [0.29, 0.717) is 17.1 Å². The van der Waals surface area contributed by atoms with E-state index in [2.05, 4.69) is 26.6 Å². The molecule has 2 amide bonds. The molecule has 0 aromatic heterocycles. The number of hydrogen-bond acceptors (Lipinski definition) is 3. The molecule has 2 rings (SSSR count). The molecule has 0 fully saturated rings. The molecule has 0 aliphatic heterocycles. The van der Waals surface area contributed by atoms with Gasteiger partial charge in [-0.3, -0.25) is 9.59 Å². The van der Waals surface area contributed by atoms with E-state index in [9.17, 15) is 9.59 Å². The van der Waals surface area contributed by atoms with Crippen molar-refractivity contribution >= 4 is 39.1 Å². The maximum atomic E-state index is 11.8. The molecule has 0 atom stereocenters. The number of ether oxygens (including phenoxy) is 1. The Bertz CT molecular complexity index is 671. The van der Waals surface area contributed by atoms with Gasteiger partial charge in [0.05, 0.1) is 4.47 Å². The Morgan fingerprint density at radius 1 is 1.00 bits per heavy atom. The summed E-state index contributed by atoms with van der Waals surface area (Å²) in [4.78, 5) is 22.8. The molecule has 0 saturated heterocycles. The minimum absolute atomic E-state index is 0.0872. The third-order valence-corrected chi connectivity index (χ3v) is 3.34. The number of nitrogens with one attached hydrogen (secondary N) is 2. The molecule has 5 nitrogen and oxygen atoms in total. The molecule has 0 bridgehead atoms. The van der Waals surface area contributed by atoms with Gasteiger partial charge < -0.3 is 15.4 Å². The van der Waals surface area contributed by atoms with Crippen LogP contribution in [0, 0.1) is 0 Å². The largest absolute Gasteiger partial charge is 0.483 e. The first-order chi connectivity index (χ1) is 10.5. The van der Waals surface area contributed by atoms with Crippen LogP contribution in [0.25, 0.3) is 0 Å². The van der Waals surface area contributed by atoms with Crippen LogP contribution in [0.1, 0.15) is 6.92 Å². The van der Waals surface area contributed by atoms with Gasteiger partial charge in [0.1, 0.15) is 5.75 Å². The van der Waals surface area contributed by atoms with Gasteiger partial charge >= 0.3 is 0 Å². The topological polar surface area (TPSA) is 67.4 Å². The van der Waals surface area contributed by atoms with Crippen molar-refractivity contribution in [2.75, 3.05) is 17.2 Å². The SMILES string of the molecule is CC(=O)Nc1ccc(NC(=O)COc2ccccc2Br)cc1. The molecule has 0 aliphatic rings. The first-order valence-electron chi connectivity index (χ1n) is 6.59. The van der Waals surface area contributed by atoms with Crippen molar-refractivity contribution in [1.29, 1.82) is 0 Å². The minimum Gasteiger partial charge on any atom is -0.483 e. The van der Waals surface area contributed by atoms with E-state index in [-0.39, 0.29) is 18.4 Å². The fraction of sp³-hybridized carbons (Fsp3) is 0.125. The summed E-state index contributed by atoms with van der Waals surface area (Å²) >= 11 is 3.35. The van der Waals surface area contributed by atoms with Crippen molar-refractivity contribution in [3.8, 4) is 5.75 Å². The Morgan fingerprint density at radius 2 is 1.59 bits per heavy atom. The van der Waals surface area contributed by atoms with Crippen LogP contribution in [0.3, 0.4) is 0 Å². The highest BCUT2D eigenvalue weighted by molar-refractivity contribution is 9.10. The lowest BCUT2D eigenvalue weighted by atomic mass is 10.2. The quantitative estimate of drug-likeness (QED) is 0.855. The minimum atomic E-state index is -0.261. The molecule has 22 heavy (non-hydrogen) atoms. The van der Waals surface area contributed by atoms with E-state index in [0.717, 1.165) is 4.47 Å². The normalized spacial score (nSPS) is 9.91. The Balaban J connectivity index is 1.87. The van der Waals surface area contributed by atoms with Gasteiger partial charge in [0.25, 0.3) is 5.91 Å². The molecule has 2 N–H and O–H groups in total. The zero-order chi connectivity index (χ0) is 15.9. The Kier molecular flexibility index (Phi) is 5.55. The number of rotatable bonds is 5. The number of hydrogen-bond donors (Lipinski definition) is 2. The number of carbonyl (C=O) groups is 2. The van der Waals surface area contributed by atoms with Crippen molar-refractivity contribution < 1.29 is 14.3 Å². The van der Waals surface area contributed by atoms with Crippen LogP contribution in [-0.2, 0) is 9.59 Å². The van der Waals surface area contributed by atoms with Crippen LogP contribution in [0.2, 0.25) is 0 Å². The van der Waals surface area contributed by atoms with Crippen LogP contribution in [0.5, 0.6) is 5.75 Å². The lowest BCUT2D eigenvalue weighted by Crippen LogP contribution is -2.20. The summed E-state index contributed by atoms with van der Waals surface area (Å²) in [5, 5.41) is 5.38. The van der Waals surface area contributed by atoms with E-state index < -0.39 is 0 Å². The Labute approximate surface area is 136 Å². The molecule has 0 saturated carbocycles. The van der Waals surface area contributed by atoms with Crippen molar-refractivity contribution in [2.24, 2.45) is 0 Å². The third kappa shape index (κ3) is 4.89. The first-order valence-corrected chi connectivity index (χ1v) is 7.39. The smallest absolute Gasteiger partial charge is 0.262 e. The highest BCUT2D eigenvalue weighted by atomic mass is 79.9. The standard InChI is InChI=1S/C16H15BrN2O3/c1-11(20)18-12-6-8-13(9-7-12)19-16(21)10-22-15-5-3-2-4-14(15)17/h2-9H,10H2,1H3,(H,18,20)(H,19,21). The van der Waals surface area contributed by atoms with E-state index in [1.54, 1.807) is 30.3 Å². The summed E-state index contributed by atoms with van der Waals surface area (Å²) in [6.45, 7) is 1.35. The highest BCUT2D eigenvalue weighted by Gasteiger charge is 2.06. The van der Waals surface area contributed by atoms with E-state index in [1.807, 2.05) is 18.2 Å². The summed E-state index contributed by atoms with van der Waals surface area (Å²) in [5.41, 5.74) is 1.31.